The summed E-state index contributed by atoms with van der Waals surface area (Å²) in [7, 11) is 0. The van der Waals surface area contributed by atoms with Crippen molar-refractivity contribution in [2.75, 3.05) is 13.2 Å². The quantitative estimate of drug-likeness (QED) is 0.891. The normalized spacial score (nSPS) is 11.5. The lowest BCUT2D eigenvalue weighted by Gasteiger charge is -2.14. The van der Waals surface area contributed by atoms with Gasteiger partial charge in [0.05, 0.1) is 11.6 Å². The molecule has 0 aliphatic carbocycles. The molecule has 0 amide bonds. The standard InChI is InChI=1S/C16H13F2NO3/c17-14-2-1-3-15(16(14)18)22-10-12(20)9-21-13-6-4-11(8-19)5-7-13/h1-7,12,20H,9-10H2/t12-/m0/s1. The van der Waals surface area contributed by atoms with Crippen molar-refractivity contribution < 1.29 is 23.4 Å². The van der Waals surface area contributed by atoms with E-state index in [9.17, 15) is 13.9 Å². The van der Waals surface area contributed by atoms with Gasteiger partial charge in [-0.15, -0.1) is 0 Å². The Labute approximate surface area is 126 Å². The summed E-state index contributed by atoms with van der Waals surface area (Å²) < 4.78 is 36.6. The third-order valence-electron chi connectivity index (χ3n) is 2.77. The maximum Gasteiger partial charge on any atom is 0.200 e. The van der Waals surface area contributed by atoms with Gasteiger partial charge in [0.1, 0.15) is 25.1 Å². The summed E-state index contributed by atoms with van der Waals surface area (Å²) in [5.74, 6) is -1.89. The van der Waals surface area contributed by atoms with E-state index < -0.39 is 17.7 Å². The summed E-state index contributed by atoms with van der Waals surface area (Å²) in [6.07, 6.45) is -1.02. The molecular formula is C16H13F2NO3. The molecule has 0 aromatic heterocycles. The zero-order valence-electron chi connectivity index (χ0n) is 11.5. The van der Waals surface area contributed by atoms with Crippen LogP contribution in [0.5, 0.6) is 11.5 Å². The molecule has 0 aliphatic rings. The van der Waals surface area contributed by atoms with Crippen LogP contribution in [0.3, 0.4) is 0 Å². The number of nitriles is 1. The number of hydrogen-bond donors (Lipinski definition) is 1. The Kier molecular flexibility index (Phi) is 5.28. The minimum Gasteiger partial charge on any atom is -0.491 e. The van der Waals surface area contributed by atoms with Gasteiger partial charge in [0.15, 0.2) is 11.6 Å². The minimum absolute atomic E-state index is 0.0805. The number of ether oxygens (including phenoxy) is 2. The largest absolute Gasteiger partial charge is 0.491 e. The van der Waals surface area contributed by atoms with Crippen LogP contribution in [0.4, 0.5) is 8.78 Å². The second-order valence-electron chi connectivity index (χ2n) is 4.46. The van der Waals surface area contributed by atoms with Crippen LogP contribution in [0.25, 0.3) is 0 Å². The fourth-order valence-electron chi connectivity index (χ4n) is 1.65. The van der Waals surface area contributed by atoms with Gasteiger partial charge < -0.3 is 14.6 Å². The average Bonchev–Trinajstić information content (AvgIpc) is 2.54. The van der Waals surface area contributed by atoms with Crippen LogP contribution in [-0.4, -0.2) is 24.4 Å². The molecule has 0 saturated carbocycles. The Morgan fingerprint density at radius 3 is 2.41 bits per heavy atom. The van der Waals surface area contributed by atoms with E-state index in [2.05, 4.69) is 0 Å². The van der Waals surface area contributed by atoms with Crippen molar-refractivity contribution in [2.24, 2.45) is 0 Å². The van der Waals surface area contributed by atoms with E-state index in [1.807, 2.05) is 6.07 Å². The highest BCUT2D eigenvalue weighted by molar-refractivity contribution is 5.34. The summed E-state index contributed by atoms with van der Waals surface area (Å²) in [5.41, 5.74) is 0.498. The first-order valence-corrected chi connectivity index (χ1v) is 6.48. The SMILES string of the molecule is N#Cc1ccc(OC[C@H](O)COc2cccc(F)c2F)cc1. The Bertz CT molecular complexity index is 668. The van der Waals surface area contributed by atoms with E-state index in [0.717, 1.165) is 6.07 Å². The van der Waals surface area contributed by atoms with Gasteiger partial charge in [-0.3, -0.25) is 0 Å². The highest BCUT2D eigenvalue weighted by Gasteiger charge is 2.12. The maximum atomic E-state index is 13.3. The van der Waals surface area contributed by atoms with E-state index in [0.29, 0.717) is 11.3 Å². The van der Waals surface area contributed by atoms with E-state index in [1.165, 1.54) is 12.1 Å². The van der Waals surface area contributed by atoms with E-state index in [4.69, 9.17) is 14.7 Å². The second kappa shape index (κ2) is 7.38. The number of aliphatic hydroxyl groups excluding tert-OH is 1. The highest BCUT2D eigenvalue weighted by Crippen LogP contribution is 2.19. The Hall–Kier alpha value is -2.65. The van der Waals surface area contributed by atoms with Crippen molar-refractivity contribution >= 4 is 0 Å². The molecule has 1 N–H and O–H groups in total. The highest BCUT2D eigenvalue weighted by atomic mass is 19.2. The molecule has 1 atom stereocenters. The molecule has 2 rings (SSSR count). The lowest BCUT2D eigenvalue weighted by Crippen LogP contribution is -2.25. The van der Waals surface area contributed by atoms with Gasteiger partial charge in [-0.05, 0) is 36.4 Å². The number of halogens is 2. The molecule has 0 bridgehead atoms. The van der Waals surface area contributed by atoms with Gasteiger partial charge in [-0.2, -0.15) is 9.65 Å². The predicted octanol–water partition coefficient (Wildman–Crippen LogP) is 2.66. The molecule has 0 aliphatic heterocycles. The first-order valence-electron chi connectivity index (χ1n) is 6.48. The van der Waals surface area contributed by atoms with Crippen LogP contribution in [0.1, 0.15) is 5.56 Å². The summed E-state index contributed by atoms with van der Waals surface area (Å²) in [6, 6.07) is 11.9. The number of aliphatic hydroxyl groups is 1. The molecule has 2 aromatic carbocycles. The lowest BCUT2D eigenvalue weighted by molar-refractivity contribution is 0.0610. The molecule has 0 fully saturated rings. The molecule has 114 valence electrons. The fourth-order valence-corrected chi connectivity index (χ4v) is 1.65. The molecule has 0 heterocycles. The zero-order valence-corrected chi connectivity index (χ0v) is 11.5. The molecule has 6 heteroatoms. The molecule has 4 nitrogen and oxygen atoms in total. The number of benzene rings is 2. The lowest BCUT2D eigenvalue weighted by atomic mass is 10.2. The third kappa shape index (κ3) is 4.17. The van der Waals surface area contributed by atoms with Crippen LogP contribution in [0.2, 0.25) is 0 Å². The van der Waals surface area contributed by atoms with Gasteiger partial charge in [-0.25, -0.2) is 4.39 Å². The van der Waals surface area contributed by atoms with Crippen LogP contribution in [-0.2, 0) is 0 Å². The second-order valence-corrected chi connectivity index (χ2v) is 4.46. The minimum atomic E-state index is -1.09. The van der Waals surface area contributed by atoms with Crippen LogP contribution in [0, 0.1) is 23.0 Å². The predicted molar refractivity (Wildman–Crippen MR) is 74.5 cm³/mol. The summed E-state index contributed by atoms with van der Waals surface area (Å²) in [6.45, 7) is -0.320. The van der Waals surface area contributed by atoms with E-state index in [1.54, 1.807) is 24.3 Å². The molecule has 2 aromatic rings. The maximum absolute atomic E-state index is 13.3. The van der Waals surface area contributed by atoms with Crippen LogP contribution >= 0.6 is 0 Å². The monoisotopic (exact) mass is 305 g/mol. The van der Waals surface area contributed by atoms with Gasteiger partial charge in [0.25, 0.3) is 0 Å². The van der Waals surface area contributed by atoms with E-state index >= 15 is 0 Å². The third-order valence-corrected chi connectivity index (χ3v) is 2.77. The van der Waals surface area contributed by atoms with Crippen molar-refractivity contribution in [1.29, 1.82) is 5.26 Å². The van der Waals surface area contributed by atoms with Gasteiger partial charge in [-0.1, -0.05) is 6.07 Å². The fraction of sp³-hybridized carbons (Fsp3) is 0.188. The topological polar surface area (TPSA) is 62.5 Å². The van der Waals surface area contributed by atoms with Crippen LogP contribution < -0.4 is 9.47 Å². The molecular weight excluding hydrogens is 292 g/mol. The average molecular weight is 305 g/mol. The number of hydrogen-bond acceptors (Lipinski definition) is 4. The molecule has 0 radical (unpaired) electrons. The summed E-state index contributed by atoms with van der Waals surface area (Å²) in [4.78, 5) is 0. The van der Waals surface area contributed by atoms with Gasteiger partial charge >= 0.3 is 0 Å². The molecule has 0 saturated heterocycles. The molecule has 22 heavy (non-hydrogen) atoms. The van der Waals surface area contributed by atoms with Crippen molar-refractivity contribution in [3.05, 3.63) is 59.7 Å². The van der Waals surface area contributed by atoms with Crippen molar-refractivity contribution in [2.45, 2.75) is 6.10 Å². The van der Waals surface area contributed by atoms with Crippen molar-refractivity contribution in [3.8, 4) is 17.6 Å². The first kappa shape index (κ1) is 15.7. The van der Waals surface area contributed by atoms with Crippen LogP contribution in [0.15, 0.2) is 42.5 Å². The first-order chi connectivity index (χ1) is 10.6. The molecule has 0 spiro atoms. The van der Waals surface area contributed by atoms with Crippen molar-refractivity contribution in [3.63, 3.8) is 0 Å². The Morgan fingerprint density at radius 2 is 1.73 bits per heavy atom. The smallest absolute Gasteiger partial charge is 0.200 e. The summed E-state index contributed by atoms with van der Waals surface area (Å²) >= 11 is 0. The Morgan fingerprint density at radius 1 is 1.05 bits per heavy atom. The summed E-state index contributed by atoms with van der Waals surface area (Å²) in [5, 5.41) is 18.4. The van der Waals surface area contributed by atoms with Crippen molar-refractivity contribution in [1.82, 2.24) is 0 Å². The van der Waals surface area contributed by atoms with Gasteiger partial charge in [0.2, 0.25) is 5.82 Å². The number of rotatable bonds is 6. The number of nitrogens with zero attached hydrogens (tertiary/aromatic N) is 1. The Balaban J connectivity index is 1.81. The van der Waals surface area contributed by atoms with Gasteiger partial charge in [0, 0.05) is 0 Å². The zero-order chi connectivity index (χ0) is 15.9. The molecule has 0 unspecified atom stereocenters. The van der Waals surface area contributed by atoms with E-state index in [-0.39, 0.29) is 19.0 Å².